The van der Waals surface area contributed by atoms with E-state index < -0.39 is 23.7 Å². The molecule has 0 bridgehead atoms. The summed E-state index contributed by atoms with van der Waals surface area (Å²) in [6.07, 6.45) is -4.81. The maximum atomic E-state index is 12.8. The number of hydrogen-bond acceptors (Lipinski definition) is 2. The highest BCUT2D eigenvalue weighted by atomic mass is 35.5. The summed E-state index contributed by atoms with van der Waals surface area (Å²) in [6, 6.07) is 6.01. The molecule has 2 atom stereocenters. The van der Waals surface area contributed by atoms with Crippen molar-refractivity contribution in [1.29, 1.82) is 0 Å². The standard InChI is InChI=1S/C13H16ClF3N2O/c1-8(9-5-4-6-10(14)7-9)19(3)11(20)12(2,18)13(15,16)17/h4-8H,18H2,1-3H3. The lowest BCUT2D eigenvalue weighted by Gasteiger charge is -2.34. The summed E-state index contributed by atoms with van der Waals surface area (Å²) < 4.78 is 38.3. The van der Waals surface area contributed by atoms with Crippen molar-refractivity contribution >= 4 is 17.5 Å². The van der Waals surface area contributed by atoms with Gasteiger partial charge in [-0.1, -0.05) is 23.7 Å². The van der Waals surface area contributed by atoms with Crippen molar-refractivity contribution in [2.45, 2.75) is 31.6 Å². The van der Waals surface area contributed by atoms with Gasteiger partial charge in [0.1, 0.15) is 0 Å². The molecule has 0 spiro atoms. The van der Waals surface area contributed by atoms with Gasteiger partial charge >= 0.3 is 6.18 Å². The number of alkyl halides is 3. The van der Waals surface area contributed by atoms with Crippen LogP contribution in [0.15, 0.2) is 24.3 Å². The minimum absolute atomic E-state index is 0.446. The van der Waals surface area contributed by atoms with Crippen molar-refractivity contribution in [3.63, 3.8) is 0 Å². The van der Waals surface area contributed by atoms with Crippen LogP contribution >= 0.6 is 11.6 Å². The van der Waals surface area contributed by atoms with Gasteiger partial charge in [-0.3, -0.25) is 4.79 Å². The van der Waals surface area contributed by atoms with E-state index in [0.717, 1.165) is 4.90 Å². The van der Waals surface area contributed by atoms with Crippen molar-refractivity contribution in [3.05, 3.63) is 34.9 Å². The maximum Gasteiger partial charge on any atom is 0.415 e. The Bertz CT molecular complexity index is 503. The highest BCUT2D eigenvalue weighted by molar-refractivity contribution is 6.30. The largest absolute Gasteiger partial charge is 0.415 e. The molecule has 0 aromatic heterocycles. The second-order valence-electron chi connectivity index (χ2n) is 4.85. The summed E-state index contributed by atoms with van der Waals surface area (Å²) in [6.45, 7) is 2.27. The molecule has 0 saturated heterocycles. The lowest BCUT2D eigenvalue weighted by molar-refractivity contribution is -0.194. The van der Waals surface area contributed by atoms with Gasteiger partial charge in [0.25, 0.3) is 5.91 Å². The molecular weight excluding hydrogens is 293 g/mol. The first-order chi connectivity index (χ1) is 8.98. The Kier molecular flexibility index (Phi) is 4.71. The maximum absolute atomic E-state index is 12.8. The van der Waals surface area contributed by atoms with Gasteiger partial charge in [0.2, 0.25) is 0 Å². The van der Waals surface area contributed by atoms with Crippen LogP contribution in [-0.4, -0.2) is 29.6 Å². The third-order valence-electron chi connectivity index (χ3n) is 3.27. The van der Waals surface area contributed by atoms with E-state index >= 15 is 0 Å². The van der Waals surface area contributed by atoms with Crippen LogP contribution < -0.4 is 5.73 Å². The summed E-state index contributed by atoms with van der Waals surface area (Å²) in [5, 5.41) is 0.446. The fourth-order valence-corrected chi connectivity index (χ4v) is 1.85. The molecule has 3 nitrogen and oxygen atoms in total. The molecule has 112 valence electrons. The molecular formula is C13H16ClF3N2O. The van der Waals surface area contributed by atoms with E-state index in [1.807, 2.05) is 0 Å². The molecule has 0 saturated carbocycles. The first kappa shape index (κ1) is 16.8. The van der Waals surface area contributed by atoms with Gasteiger partial charge in [0.05, 0.1) is 6.04 Å². The number of nitrogens with two attached hydrogens (primary N) is 1. The molecule has 0 aliphatic rings. The summed E-state index contributed by atoms with van der Waals surface area (Å²) in [5.74, 6) is -1.20. The lowest BCUT2D eigenvalue weighted by Crippen LogP contribution is -2.61. The van der Waals surface area contributed by atoms with Gasteiger partial charge in [-0.05, 0) is 31.5 Å². The number of benzene rings is 1. The quantitative estimate of drug-likeness (QED) is 0.932. The van der Waals surface area contributed by atoms with Gasteiger partial charge in [-0.25, -0.2) is 0 Å². The van der Waals surface area contributed by atoms with E-state index in [4.69, 9.17) is 17.3 Å². The number of carbonyl (C=O) groups is 1. The fourth-order valence-electron chi connectivity index (χ4n) is 1.65. The lowest BCUT2D eigenvalue weighted by atomic mass is 9.99. The number of rotatable bonds is 3. The van der Waals surface area contributed by atoms with Crippen molar-refractivity contribution in [1.82, 2.24) is 4.90 Å². The minimum atomic E-state index is -4.81. The van der Waals surface area contributed by atoms with Crippen LogP contribution in [0.2, 0.25) is 5.02 Å². The predicted octanol–water partition coefficient (Wildman–Crippen LogP) is 3.14. The van der Waals surface area contributed by atoms with Gasteiger partial charge in [-0.2, -0.15) is 13.2 Å². The second-order valence-corrected chi connectivity index (χ2v) is 5.28. The minimum Gasteiger partial charge on any atom is -0.337 e. The average Bonchev–Trinajstić information content (AvgIpc) is 2.34. The Balaban J connectivity index is 3.00. The van der Waals surface area contributed by atoms with E-state index in [0.29, 0.717) is 17.5 Å². The van der Waals surface area contributed by atoms with Crippen molar-refractivity contribution in [3.8, 4) is 0 Å². The van der Waals surface area contributed by atoms with Crippen LogP contribution in [0.3, 0.4) is 0 Å². The smallest absolute Gasteiger partial charge is 0.337 e. The summed E-state index contributed by atoms with van der Waals surface area (Å²) in [7, 11) is 1.28. The van der Waals surface area contributed by atoms with E-state index in [1.165, 1.54) is 7.05 Å². The Morgan fingerprint density at radius 3 is 2.40 bits per heavy atom. The van der Waals surface area contributed by atoms with Crippen LogP contribution in [0.5, 0.6) is 0 Å². The predicted molar refractivity (Wildman–Crippen MR) is 71.3 cm³/mol. The monoisotopic (exact) mass is 308 g/mol. The van der Waals surface area contributed by atoms with Gasteiger partial charge in [0, 0.05) is 12.1 Å². The van der Waals surface area contributed by atoms with Crippen LogP contribution in [0, 0.1) is 0 Å². The Labute approximate surface area is 120 Å². The molecule has 7 heteroatoms. The molecule has 1 rings (SSSR count). The van der Waals surface area contributed by atoms with Gasteiger partial charge < -0.3 is 10.6 Å². The first-order valence-corrected chi connectivity index (χ1v) is 6.24. The molecule has 0 heterocycles. The zero-order chi connectivity index (χ0) is 15.7. The second kappa shape index (κ2) is 5.61. The number of amides is 1. The number of likely N-dealkylation sites (N-methyl/N-ethyl adjacent to an activating group) is 1. The van der Waals surface area contributed by atoms with Crippen molar-refractivity contribution in [2.24, 2.45) is 5.73 Å². The molecule has 2 N–H and O–H groups in total. The Morgan fingerprint density at radius 1 is 1.40 bits per heavy atom. The molecule has 20 heavy (non-hydrogen) atoms. The average molecular weight is 309 g/mol. The molecule has 0 aliphatic heterocycles. The molecule has 1 aromatic carbocycles. The highest BCUT2D eigenvalue weighted by Gasteiger charge is 2.55. The number of carbonyl (C=O) groups excluding carboxylic acids is 1. The molecule has 1 amide bonds. The van der Waals surface area contributed by atoms with Gasteiger partial charge in [-0.15, -0.1) is 0 Å². The van der Waals surface area contributed by atoms with E-state index in [2.05, 4.69) is 0 Å². The van der Waals surface area contributed by atoms with E-state index in [9.17, 15) is 18.0 Å². The molecule has 0 radical (unpaired) electrons. The van der Waals surface area contributed by atoms with E-state index in [1.54, 1.807) is 31.2 Å². The van der Waals surface area contributed by atoms with Crippen LogP contribution in [0.4, 0.5) is 13.2 Å². The van der Waals surface area contributed by atoms with Crippen LogP contribution in [-0.2, 0) is 4.79 Å². The van der Waals surface area contributed by atoms with Crippen molar-refractivity contribution < 1.29 is 18.0 Å². The normalized spacial score (nSPS) is 16.4. The van der Waals surface area contributed by atoms with Crippen molar-refractivity contribution in [2.75, 3.05) is 7.05 Å². The van der Waals surface area contributed by atoms with E-state index in [-0.39, 0.29) is 0 Å². The molecule has 0 aliphatic carbocycles. The van der Waals surface area contributed by atoms with Crippen LogP contribution in [0.25, 0.3) is 0 Å². The first-order valence-electron chi connectivity index (χ1n) is 5.87. The molecule has 1 aromatic rings. The fraction of sp³-hybridized carbons (Fsp3) is 0.462. The Morgan fingerprint density at radius 2 is 1.95 bits per heavy atom. The number of nitrogens with zero attached hydrogens (tertiary/aromatic N) is 1. The van der Waals surface area contributed by atoms with Gasteiger partial charge in [0.15, 0.2) is 5.54 Å². The summed E-state index contributed by atoms with van der Waals surface area (Å²) in [5.41, 5.74) is 2.85. The Hall–Kier alpha value is -1.27. The summed E-state index contributed by atoms with van der Waals surface area (Å²) in [4.78, 5) is 12.9. The number of halogens is 4. The zero-order valence-corrected chi connectivity index (χ0v) is 12.1. The SMILES string of the molecule is CC(c1cccc(Cl)c1)N(C)C(=O)C(C)(N)C(F)(F)F. The third-order valence-corrected chi connectivity index (χ3v) is 3.50. The zero-order valence-electron chi connectivity index (χ0n) is 11.3. The third kappa shape index (κ3) is 3.24. The topological polar surface area (TPSA) is 46.3 Å². The number of hydrogen-bond donors (Lipinski definition) is 1. The highest BCUT2D eigenvalue weighted by Crippen LogP contribution is 2.32. The molecule has 2 unspecified atom stereocenters. The summed E-state index contributed by atoms with van der Waals surface area (Å²) >= 11 is 5.83. The van der Waals surface area contributed by atoms with Crippen LogP contribution in [0.1, 0.15) is 25.5 Å². The molecule has 0 fully saturated rings.